The number of hydrogen-bond acceptors (Lipinski definition) is 2. The van der Waals surface area contributed by atoms with Crippen molar-refractivity contribution in [3.63, 3.8) is 0 Å². The lowest BCUT2D eigenvalue weighted by atomic mass is 9.85. The maximum Gasteiger partial charge on any atom is 0.225 e. The van der Waals surface area contributed by atoms with Gasteiger partial charge in [-0.3, -0.25) is 4.79 Å². The largest absolute Gasteiger partial charge is 0.341 e. The standard InChI is InChI=1S/C15H21FN2O/c1-10(2)15(19)18-7-6-13(14(17)9-18)11-4-3-5-12(16)8-11/h3-5,8,10,13-14H,6-7,9,17H2,1-2H3. The Morgan fingerprint density at radius 3 is 2.79 bits per heavy atom. The van der Waals surface area contributed by atoms with Crippen LogP contribution in [0.25, 0.3) is 0 Å². The van der Waals surface area contributed by atoms with Crippen LogP contribution in [0.2, 0.25) is 0 Å². The second-order valence-corrected chi connectivity index (χ2v) is 5.55. The first kappa shape index (κ1) is 14.0. The van der Waals surface area contributed by atoms with Gasteiger partial charge in [0.2, 0.25) is 5.91 Å². The third-order valence-electron chi connectivity index (χ3n) is 3.74. The molecule has 2 unspecified atom stereocenters. The molecule has 19 heavy (non-hydrogen) atoms. The molecule has 1 saturated heterocycles. The van der Waals surface area contributed by atoms with Crippen LogP contribution in [0.15, 0.2) is 24.3 Å². The maximum absolute atomic E-state index is 13.3. The molecule has 1 aromatic rings. The molecule has 2 atom stereocenters. The number of piperidine rings is 1. The van der Waals surface area contributed by atoms with Gasteiger partial charge in [-0.2, -0.15) is 0 Å². The van der Waals surface area contributed by atoms with Gasteiger partial charge in [-0.1, -0.05) is 26.0 Å². The number of carbonyl (C=O) groups is 1. The highest BCUT2D eigenvalue weighted by Crippen LogP contribution is 2.28. The van der Waals surface area contributed by atoms with Crippen molar-refractivity contribution in [2.45, 2.75) is 32.2 Å². The molecule has 0 spiro atoms. The second-order valence-electron chi connectivity index (χ2n) is 5.55. The van der Waals surface area contributed by atoms with Crippen LogP contribution in [-0.2, 0) is 4.79 Å². The van der Waals surface area contributed by atoms with Gasteiger partial charge in [0.05, 0.1) is 0 Å². The number of amides is 1. The van der Waals surface area contributed by atoms with Crippen LogP contribution < -0.4 is 5.73 Å². The number of hydrogen-bond donors (Lipinski definition) is 1. The third kappa shape index (κ3) is 3.13. The first-order valence-electron chi connectivity index (χ1n) is 6.79. The minimum atomic E-state index is -0.231. The van der Waals surface area contributed by atoms with E-state index < -0.39 is 0 Å². The molecule has 2 rings (SSSR count). The number of nitrogens with zero attached hydrogens (tertiary/aromatic N) is 1. The van der Waals surface area contributed by atoms with E-state index in [2.05, 4.69) is 0 Å². The molecule has 0 saturated carbocycles. The van der Waals surface area contributed by atoms with Gasteiger partial charge in [-0.25, -0.2) is 4.39 Å². The van der Waals surface area contributed by atoms with Gasteiger partial charge in [0.25, 0.3) is 0 Å². The SMILES string of the molecule is CC(C)C(=O)N1CCC(c2cccc(F)c2)C(N)C1. The molecule has 0 radical (unpaired) electrons. The molecular formula is C15H21FN2O. The minimum absolute atomic E-state index is 0.00193. The van der Waals surface area contributed by atoms with Crippen LogP contribution in [0, 0.1) is 11.7 Å². The smallest absolute Gasteiger partial charge is 0.225 e. The summed E-state index contributed by atoms with van der Waals surface area (Å²) in [7, 11) is 0. The summed E-state index contributed by atoms with van der Waals surface area (Å²) >= 11 is 0. The molecule has 1 fully saturated rings. The quantitative estimate of drug-likeness (QED) is 0.889. The predicted octanol–water partition coefficient (Wildman–Crippen LogP) is 2.12. The highest BCUT2D eigenvalue weighted by atomic mass is 19.1. The zero-order valence-corrected chi connectivity index (χ0v) is 11.5. The van der Waals surface area contributed by atoms with Crippen LogP contribution in [0.5, 0.6) is 0 Å². The van der Waals surface area contributed by atoms with E-state index in [1.54, 1.807) is 12.1 Å². The van der Waals surface area contributed by atoms with Crippen molar-refractivity contribution in [1.29, 1.82) is 0 Å². The van der Waals surface area contributed by atoms with Crippen molar-refractivity contribution in [2.75, 3.05) is 13.1 Å². The van der Waals surface area contributed by atoms with E-state index in [-0.39, 0.29) is 29.6 Å². The van der Waals surface area contributed by atoms with Gasteiger partial charge >= 0.3 is 0 Å². The summed E-state index contributed by atoms with van der Waals surface area (Å²) in [5, 5.41) is 0. The van der Waals surface area contributed by atoms with Crippen LogP contribution >= 0.6 is 0 Å². The van der Waals surface area contributed by atoms with Crippen molar-refractivity contribution in [2.24, 2.45) is 11.7 Å². The Bertz CT molecular complexity index is 461. The van der Waals surface area contributed by atoms with Crippen molar-refractivity contribution in [1.82, 2.24) is 4.90 Å². The van der Waals surface area contributed by atoms with Gasteiger partial charge in [-0.15, -0.1) is 0 Å². The van der Waals surface area contributed by atoms with Gasteiger partial charge in [0, 0.05) is 31.0 Å². The van der Waals surface area contributed by atoms with Crippen LogP contribution in [0.4, 0.5) is 4.39 Å². The fourth-order valence-electron chi connectivity index (χ4n) is 2.70. The zero-order valence-electron chi connectivity index (χ0n) is 11.5. The second kappa shape index (κ2) is 5.70. The van der Waals surface area contributed by atoms with Crippen LogP contribution in [-0.4, -0.2) is 29.9 Å². The van der Waals surface area contributed by atoms with Gasteiger partial charge in [0.1, 0.15) is 5.82 Å². The summed E-state index contributed by atoms with van der Waals surface area (Å²) in [5.41, 5.74) is 7.11. The topological polar surface area (TPSA) is 46.3 Å². The van der Waals surface area contributed by atoms with Crippen molar-refractivity contribution in [3.05, 3.63) is 35.6 Å². The van der Waals surface area contributed by atoms with Crippen LogP contribution in [0.1, 0.15) is 31.7 Å². The summed E-state index contributed by atoms with van der Waals surface area (Å²) in [6.45, 7) is 5.04. The molecule has 1 aromatic carbocycles. The van der Waals surface area contributed by atoms with Crippen molar-refractivity contribution >= 4 is 5.91 Å². The lowest BCUT2D eigenvalue weighted by molar-refractivity contribution is -0.135. The molecule has 1 amide bonds. The number of nitrogens with two attached hydrogens (primary N) is 1. The molecule has 3 nitrogen and oxygen atoms in total. The average Bonchev–Trinajstić information content (AvgIpc) is 2.37. The summed E-state index contributed by atoms with van der Waals surface area (Å²) in [6.07, 6.45) is 0.795. The first-order chi connectivity index (χ1) is 8.99. The summed E-state index contributed by atoms with van der Waals surface area (Å²) in [4.78, 5) is 13.8. The molecule has 1 aliphatic rings. The Hall–Kier alpha value is -1.42. The maximum atomic E-state index is 13.3. The van der Waals surface area contributed by atoms with E-state index in [0.717, 1.165) is 12.0 Å². The molecule has 0 aromatic heterocycles. The molecule has 2 N–H and O–H groups in total. The monoisotopic (exact) mass is 264 g/mol. The van der Waals surface area contributed by atoms with E-state index in [4.69, 9.17) is 5.73 Å². The number of benzene rings is 1. The molecule has 0 aliphatic carbocycles. The van der Waals surface area contributed by atoms with Crippen LogP contribution in [0.3, 0.4) is 0 Å². The van der Waals surface area contributed by atoms with Crippen molar-refractivity contribution < 1.29 is 9.18 Å². The molecule has 4 heteroatoms. The fourth-order valence-corrected chi connectivity index (χ4v) is 2.70. The fraction of sp³-hybridized carbons (Fsp3) is 0.533. The Labute approximate surface area is 113 Å². The number of rotatable bonds is 2. The predicted molar refractivity (Wildman–Crippen MR) is 73.2 cm³/mol. The van der Waals surface area contributed by atoms with Gasteiger partial charge in [0.15, 0.2) is 0 Å². The van der Waals surface area contributed by atoms with E-state index in [1.807, 2.05) is 24.8 Å². The molecule has 0 bridgehead atoms. The summed E-state index contributed by atoms with van der Waals surface area (Å²) < 4.78 is 13.3. The normalized spacial score (nSPS) is 23.7. The molecule has 1 heterocycles. The lowest BCUT2D eigenvalue weighted by Crippen LogP contribution is -2.50. The van der Waals surface area contributed by atoms with Gasteiger partial charge < -0.3 is 10.6 Å². The van der Waals surface area contributed by atoms with E-state index in [0.29, 0.717) is 13.1 Å². The Kier molecular flexibility index (Phi) is 4.20. The van der Waals surface area contributed by atoms with Gasteiger partial charge in [-0.05, 0) is 24.1 Å². The van der Waals surface area contributed by atoms with E-state index in [1.165, 1.54) is 6.07 Å². The average molecular weight is 264 g/mol. The summed E-state index contributed by atoms with van der Waals surface area (Å²) in [5.74, 6) is 0.0448. The number of carbonyl (C=O) groups excluding carboxylic acids is 1. The minimum Gasteiger partial charge on any atom is -0.341 e. The summed E-state index contributed by atoms with van der Waals surface area (Å²) in [6, 6.07) is 6.48. The highest BCUT2D eigenvalue weighted by molar-refractivity contribution is 5.78. The molecule has 1 aliphatic heterocycles. The Morgan fingerprint density at radius 2 is 2.21 bits per heavy atom. The van der Waals surface area contributed by atoms with E-state index in [9.17, 15) is 9.18 Å². The van der Waals surface area contributed by atoms with Crippen molar-refractivity contribution in [3.8, 4) is 0 Å². The van der Waals surface area contributed by atoms with E-state index >= 15 is 0 Å². The third-order valence-corrected chi connectivity index (χ3v) is 3.74. The number of halogens is 1. The Morgan fingerprint density at radius 1 is 1.47 bits per heavy atom. The molecule has 104 valence electrons. The zero-order chi connectivity index (χ0) is 14.0. The molecular weight excluding hydrogens is 243 g/mol. The number of likely N-dealkylation sites (tertiary alicyclic amines) is 1. The Balaban J connectivity index is 2.07. The lowest BCUT2D eigenvalue weighted by Gasteiger charge is -2.37. The highest BCUT2D eigenvalue weighted by Gasteiger charge is 2.30. The first-order valence-corrected chi connectivity index (χ1v) is 6.79.